The Morgan fingerprint density at radius 2 is 1.94 bits per heavy atom. The number of carbonyl (C=O) groups is 1. The third-order valence-electron chi connectivity index (χ3n) is 4.23. The zero-order chi connectivity index (χ0) is 21.6. The predicted molar refractivity (Wildman–Crippen MR) is 117 cm³/mol. The number of nitrogens with zero attached hydrogens (tertiary/aromatic N) is 4. The van der Waals surface area contributed by atoms with Crippen LogP contribution in [-0.2, 0) is 11.4 Å². The van der Waals surface area contributed by atoms with E-state index in [-0.39, 0.29) is 18.3 Å². The molecule has 0 aliphatic carbocycles. The second kappa shape index (κ2) is 9.48. The van der Waals surface area contributed by atoms with E-state index < -0.39 is 0 Å². The number of anilines is 1. The fraction of sp³-hybridized carbons (Fsp3) is 0.182. The lowest BCUT2D eigenvalue weighted by Gasteiger charge is -2.08. The van der Waals surface area contributed by atoms with Gasteiger partial charge in [-0.25, -0.2) is 4.68 Å². The van der Waals surface area contributed by atoms with Gasteiger partial charge in [-0.2, -0.15) is 5.10 Å². The lowest BCUT2D eigenvalue weighted by Crippen LogP contribution is -2.16. The first-order chi connectivity index (χ1) is 15.1. The summed E-state index contributed by atoms with van der Waals surface area (Å²) in [4.78, 5) is 12.4. The van der Waals surface area contributed by atoms with Crippen LogP contribution in [0.2, 0.25) is 0 Å². The van der Waals surface area contributed by atoms with Gasteiger partial charge in [0.1, 0.15) is 11.6 Å². The summed E-state index contributed by atoms with van der Waals surface area (Å²) < 4.78 is 12.9. The Morgan fingerprint density at radius 1 is 1.10 bits per heavy atom. The number of nitrogens with one attached hydrogen (secondary N) is 1. The molecule has 4 aromatic rings. The standard InChI is InChI=1S/C22H21N5O3S/c1-15-7-6-10-18(11-15)29-13-21-24-25-22(30-21)31-14-20(28)23-19-12-16(2)26-27(19)17-8-4-3-5-9-17/h3-12H,13-14H2,1-2H3,(H,23,28). The molecule has 2 aromatic carbocycles. The fourth-order valence-electron chi connectivity index (χ4n) is 2.87. The average Bonchev–Trinajstić information content (AvgIpc) is 3.37. The van der Waals surface area contributed by atoms with E-state index in [0.717, 1.165) is 34.5 Å². The molecule has 0 aliphatic heterocycles. The Morgan fingerprint density at radius 3 is 2.74 bits per heavy atom. The molecule has 1 amide bonds. The second-order valence-corrected chi connectivity index (χ2v) is 7.75. The Labute approximate surface area is 183 Å². The van der Waals surface area contributed by atoms with Crippen molar-refractivity contribution in [2.45, 2.75) is 25.7 Å². The normalized spacial score (nSPS) is 10.8. The van der Waals surface area contributed by atoms with Crippen LogP contribution in [0.15, 0.2) is 70.3 Å². The van der Waals surface area contributed by atoms with Crippen molar-refractivity contribution in [2.24, 2.45) is 0 Å². The summed E-state index contributed by atoms with van der Waals surface area (Å²) in [7, 11) is 0. The maximum absolute atomic E-state index is 12.4. The van der Waals surface area contributed by atoms with Crippen LogP contribution in [0.25, 0.3) is 5.69 Å². The van der Waals surface area contributed by atoms with Crippen molar-refractivity contribution in [1.82, 2.24) is 20.0 Å². The molecule has 0 saturated carbocycles. The molecule has 0 radical (unpaired) electrons. The highest BCUT2D eigenvalue weighted by Gasteiger charge is 2.14. The molecule has 31 heavy (non-hydrogen) atoms. The first-order valence-corrected chi connectivity index (χ1v) is 10.6. The quantitative estimate of drug-likeness (QED) is 0.415. The third kappa shape index (κ3) is 5.52. The molecular weight excluding hydrogens is 414 g/mol. The van der Waals surface area contributed by atoms with Crippen molar-refractivity contribution in [3.63, 3.8) is 0 Å². The van der Waals surface area contributed by atoms with E-state index in [4.69, 9.17) is 9.15 Å². The van der Waals surface area contributed by atoms with E-state index in [0.29, 0.717) is 16.9 Å². The van der Waals surface area contributed by atoms with E-state index in [1.165, 1.54) is 0 Å². The minimum Gasteiger partial charge on any atom is -0.484 e. The summed E-state index contributed by atoms with van der Waals surface area (Å²) in [5, 5.41) is 15.6. The summed E-state index contributed by atoms with van der Waals surface area (Å²) in [6, 6.07) is 19.2. The molecule has 0 unspecified atom stereocenters. The molecule has 2 aromatic heterocycles. The highest BCUT2D eigenvalue weighted by atomic mass is 32.2. The molecule has 8 nitrogen and oxygen atoms in total. The topological polar surface area (TPSA) is 95.1 Å². The monoisotopic (exact) mass is 435 g/mol. The van der Waals surface area contributed by atoms with E-state index in [9.17, 15) is 4.79 Å². The molecule has 0 fully saturated rings. The number of hydrogen-bond donors (Lipinski definition) is 1. The molecule has 1 N–H and O–H groups in total. The van der Waals surface area contributed by atoms with Crippen molar-refractivity contribution in [1.29, 1.82) is 0 Å². The van der Waals surface area contributed by atoms with Crippen LogP contribution in [0.1, 0.15) is 17.1 Å². The van der Waals surface area contributed by atoms with Gasteiger partial charge >= 0.3 is 0 Å². The van der Waals surface area contributed by atoms with Gasteiger partial charge < -0.3 is 14.5 Å². The van der Waals surface area contributed by atoms with Gasteiger partial charge in [0.2, 0.25) is 5.91 Å². The second-order valence-electron chi connectivity index (χ2n) is 6.82. The predicted octanol–water partition coefficient (Wildman–Crippen LogP) is 4.18. The number of para-hydroxylation sites is 1. The molecule has 2 heterocycles. The van der Waals surface area contributed by atoms with Crippen molar-refractivity contribution < 1.29 is 13.9 Å². The lowest BCUT2D eigenvalue weighted by atomic mass is 10.2. The maximum Gasteiger partial charge on any atom is 0.277 e. The fourth-order valence-corrected chi connectivity index (χ4v) is 3.45. The van der Waals surface area contributed by atoms with Crippen LogP contribution in [0.5, 0.6) is 5.75 Å². The van der Waals surface area contributed by atoms with Crippen molar-refractivity contribution >= 4 is 23.5 Å². The maximum atomic E-state index is 12.4. The van der Waals surface area contributed by atoms with Crippen LogP contribution in [0, 0.1) is 13.8 Å². The summed E-state index contributed by atoms with van der Waals surface area (Å²) in [5.41, 5.74) is 2.78. The van der Waals surface area contributed by atoms with Gasteiger partial charge in [0.05, 0.1) is 17.1 Å². The summed E-state index contributed by atoms with van der Waals surface area (Å²) >= 11 is 1.16. The number of ether oxygens (including phenoxy) is 1. The molecule has 9 heteroatoms. The molecular formula is C22H21N5O3S. The number of hydrogen-bond acceptors (Lipinski definition) is 7. The van der Waals surface area contributed by atoms with Crippen LogP contribution >= 0.6 is 11.8 Å². The Balaban J connectivity index is 1.31. The zero-order valence-electron chi connectivity index (χ0n) is 17.1. The van der Waals surface area contributed by atoms with Crippen molar-refractivity contribution in [3.05, 3.63) is 77.8 Å². The number of rotatable bonds is 8. The van der Waals surface area contributed by atoms with E-state index in [1.54, 1.807) is 4.68 Å². The zero-order valence-corrected chi connectivity index (χ0v) is 17.9. The van der Waals surface area contributed by atoms with Gasteiger partial charge in [-0.15, -0.1) is 10.2 Å². The highest BCUT2D eigenvalue weighted by molar-refractivity contribution is 7.99. The van der Waals surface area contributed by atoms with E-state index in [1.807, 2.05) is 74.5 Å². The lowest BCUT2D eigenvalue weighted by molar-refractivity contribution is -0.113. The number of benzene rings is 2. The van der Waals surface area contributed by atoms with E-state index in [2.05, 4.69) is 20.6 Å². The molecule has 0 atom stereocenters. The van der Waals surface area contributed by atoms with Crippen LogP contribution in [0.3, 0.4) is 0 Å². The van der Waals surface area contributed by atoms with Crippen LogP contribution in [0.4, 0.5) is 5.82 Å². The number of thioether (sulfide) groups is 1. The molecule has 0 saturated heterocycles. The highest BCUT2D eigenvalue weighted by Crippen LogP contribution is 2.20. The SMILES string of the molecule is Cc1cccc(OCc2nnc(SCC(=O)Nc3cc(C)nn3-c3ccccc3)o2)c1. The molecule has 4 rings (SSSR count). The van der Waals surface area contributed by atoms with Gasteiger partial charge in [-0.3, -0.25) is 4.79 Å². The first-order valence-electron chi connectivity index (χ1n) is 9.63. The number of aromatic nitrogens is 4. The van der Waals surface area contributed by atoms with E-state index >= 15 is 0 Å². The molecule has 0 bridgehead atoms. The van der Waals surface area contributed by atoms with Crippen LogP contribution in [-0.4, -0.2) is 31.6 Å². The molecule has 0 spiro atoms. The van der Waals surface area contributed by atoms with Crippen molar-refractivity contribution in [2.75, 3.05) is 11.1 Å². The first kappa shape index (κ1) is 20.7. The van der Waals surface area contributed by atoms with Gasteiger partial charge in [0.25, 0.3) is 11.1 Å². The summed E-state index contributed by atoms with van der Waals surface area (Å²) in [5.74, 6) is 1.61. The minimum atomic E-state index is -0.196. The summed E-state index contributed by atoms with van der Waals surface area (Å²) in [6.07, 6.45) is 0. The third-order valence-corrected chi connectivity index (χ3v) is 5.05. The number of aryl methyl sites for hydroxylation is 2. The Kier molecular flexibility index (Phi) is 6.32. The summed E-state index contributed by atoms with van der Waals surface area (Å²) in [6.45, 7) is 4.04. The minimum absolute atomic E-state index is 0.124. The number of amides is 1. The Bertz CT molecular complexity index is 1170. The molecule has 0 aliphatic rings. The van der Waals surface area contributed by atoms with Gasteiger partial charge in [-0.1, -0.05) is 42.1 Å². The smallest absolute Gasteiger partial charge is 0.277 e. The van der Waals surface area contributed by atoms with Crippen LogP contribution < -0.4 is 10.1 Å². The molecule has 158 valence electrons. The van der Waals surface area contributed by atoms with Crippen molar-refractivity contribution in [3.8, 4) is 11.4 Å². The number of carbonyl (C=O) groups excluding carboxylic acids is 1. The van der Waals surface area contributed by atoms with Gasteiger partial charge in [0, 0.05) is 6.07 Å². The van der Waals surface area contributed by atoms with Gasteiger partial charge in [-0.05, 0) is 43.7 Å². The Hall–Kier alpha value is -3.59. The average molecular weight is 436 g/mol. The van der Waals surface area contributed by atoms with Gasteiger partial charge in [0.15, 0.2) is 6.61 Å². The largest absolute Gasteiger partial charge is 0.484 e.